The van der Waals surface area contributed by atoms with E-state index in [9.17, 15) is 8.42 Å². The molecule has 0 unspecified atom stereocenters. The summed E-state index contributed by atoms with van der Waals surface area (Å²) < 4.78 is 25.9. The minimum absolute atomic E-state index is 0.222. The van der Waals surface area contributed by atoms with E-state index in [1.54, 1.807) is 30.5 Å². The Bertz CT molecular complexity index is 639. The first-order valence-electron chi connectivity index (χ1n) is 5.72. The molecule has 0 aliphatic heterocycles. The summed E-state index contributed by atoms with van der Waals surface area (Å²) in [6, 6.07) is 11.5. The van der Waals surface area contributed by atoms with Crippen molar-refractivity contribution < 1.29 is 8.42 Å². The molecular formula is C13H15N3O2S. The normalized spacial score (nSPS) is 11.7. The second-order valence-electron chi connectivity index (χ2n) is 4.15. The van der Waals surface area contributed by atoms with Crippen LogP contribution in [0.15, 0.2) is 53.6 Å². The average Bonchev–Trinajstić information content (AvgIpc) is 2.40. The first-order chi connectivity index (χ1) is 9.00. The van der Waals surface area contributed by atoms with Crippen LogP contribution in [0.1, 0.15) is 5.69 Å². The Hall–Kier alpha value is -1.92. The highest BCUT2D eigenvalue weighted by Gasteiger charge is 2.20. The van der Waals surface area contributed by atoms with Crippen LogP contribution in [0.3, 0.4) is 0 Å². The largest absolute Gasteiger partial charge is 0.399 e. The highest BCUT2D eigenvalue weighted by molar-refractivity contribution is 7.89. The third-order valence-electron chi connectivity index (χ3n) is 2.70. The Labute approximate surface area is 112 Å². The van der Waals surface area contributed by atoms with E-state index in [-0.39, 0.29) is 11.4 Å². The van der Waals surface area contributed by atoms with Crippen molar-refractivity contribution in [2.45, 2.75) is 11.4 Å². The molecule has 0 amide bonds. The molecule has 1 heterocycles. The fraction of sp³-hybridized carbons (Fsp3) is 0.154. The van der Waals surface area contributed by atoms with Gasteiger partial charge in [-0.1, -0.05) is 6.07 Å². The molecule has 0 bridgehead atoms. The number of benzene rings is 1. The molecule has 19 heavy (non-hydrogen) atoms. The first-order valence-corrected chi connectivity index (χ1v) is 7.16. The van der Waals surface area contributed by atoms with Gasteiger partial charge in [0, 0.05) is 18.9 Å². The van der Waals surface area contributed by atoms with Crippen molar-refractivity contribution >= 4 is 15.7 Å². The molecule has 0 saturated heterocycles. The van der Waals surface area contributed by atoms with Crippen molar-refractivity contribution in [1.29, 1.82) is 0 Å². The molecule has 0 radical (unpaired) electrons. The molecule has 1 aromatic carbocycles. The summed E-state index contributed by atoms with van der Waals surface area (Å²) in [4.78, 5) is 4.34. The van der Waals surface area contributed by atoms with Crippen LogP contribution in [0.2, 0.25) is 0 Å². The van der Waals surface area contributed by atoms with E-state index in [1.165, 1.54) is 23.5 Å². The fourth-order valence-electron chi connectivity index (χ4n) is 1.62. The molecule has 5 nitrogen and oxygen atoms in total. The van der Waals surface area contributed by atoms with Crippen LogP contribution in [0.25, 0.3) is 0 Å². The van der Waals surface area contributed by atoms with Crippen molar-refractivity contribution in [3.8, 4) is 0 Å². The minimum Gasteiger partial charge on any atom is -0.399 e. The summed E-state index contributed by atoms with van der Waals surface area (Å²) in [6.07, 6.45) is 1.64. The van der Waals surface area contributed by atoms with Gasteiger partial charge in [-0.05, 0) is 36.4 Å². The molecule has 1 aromatic heterocycles. The Morgan fingerprint density at radius 2 is 1.84 bits per heavy atom. The van der Waals surface area contributed by atoms with E-state index < -0.39 is 10.0 Å². The highest BCUT2D eigenvalue weighted by atomic mass is 32.2. The second kappa shape index (κ2) is 5.38. The number of hydrogen-bond acceptors (Lipinski definition) is 4. The summed E-state index contributed by atoms with van der Waals surface area (Å²) in [5, 5.41) is 0. The fourth-order valence-corrected chi connectivity index (χ4v) is 2.77. The number of aromatic nitrogens is 1. The van der Waals surface area contributed by atoms with Gasteiger partial charge in [-0.15, -0.1) is 0 Å². The summed E-state index contributed by atoms with van der Waals surface area (Å²) in [5.74, 6) is 0. The third kappa shape index (κ3) is 3.10. The molecule has 0 fully saturated rings. The van der Waals surface area contributed by atoms with Crippen molar-refractivity contribution in [1.82, 2.24) is 9.29 Å². The maximum Gasteiger partial charge on any atom is 0.243 e. The zero-order chi connectivity index (χ0) is 13.9. The number of nitrogens with two attached hydrogens (primary N) is 1. The molecule has 2 aromatic rings. The van der Waals surface area contributed by atoms with E-state index in [1.807, 2.05) is 6.07 Å². The lowest BCUT2D eigenvalue weighted by molar-refractivity contribution is 0.462. The molecule has 2 N–H and O–H groups in total. The van der Waals surface area contributed by atoms with Crippen molar-refractivity contribution in [2.75, 3.05) is 12.8 Å². The maximum absolute atomic E-state index is 12.3. The van der Waals surface area contributed by atoms with Crippen molar-refractivity contribution in [3.05, 3.63) is 54.4 Å². The van der Waals surface area contributed by atoms with Crippen molar-refractivity contribution in [3.63, 3.8) is 0 Å². The maximum atomic E-state index is 12.3. The number of anilines is 1. The van der Waals surface area contributed by atoms with Crippen LogP contribution in [0.4, 0.5) is 5.69 Å². The summed E-state index contributed by atoms with van der Waals surface area (Å²) in [7, 11) is -1.99. The average molecular weight is 277 g/mol. The number of nitrogens with zero attached hydrogens (tertiary/aromatic N) is 2. The van der Waals surface area contributed by atoms with Gasteiger partial charge in [0.15, 0.2) is 0 Å². The predicted octanol–water partition coefficient (Wildman–Crippen LogP) is 1.48. The number of sulfonamides is 1. The van der Waals surface area contributed by atoms with Crippen LogP contribution in [0, 0.1) is 0 Å². The SMILES string of the molecule is CN(Cc1ccccn1)S(=O)(=O)c1ccc(N)cc1. The molecule has 0 saturated carbocycles. The van der Waals surface area contributed by atoms with Crippen LogP contribution in [-0.2, 0) is 16.6 Å². The lowest BCUT2D eigenvalue weighted by Gasteiger charge is -2.16. The van der Waals surface area contributed by atoms with Gasteiger partial charge in [0.25, 0.3) is 0 Å². The standard InChI is InChI=1S/C13H15N3O2S/c1-16(10-12-4-2-3-9-15-12)19(17,18)13-7-5-11(14)6-8-13/h2-9H,10,14H2,1H3. The van der Waals surface area contributed by atoms with E-state index in [0.717, 1.165) is 0 Å². The van der Waals surface area contributed by atoms with Crippen LogP contribution in [-0.4, -0.2) is 24.8 Å². The van der Waals surface area contributed by atoms with Crippen LogP contribution in [0.5, 0.6) is 0 Å². The lowest BCUT2D eigenvalue weighted by atomic mass is 10.3. The van der Waals surface area contributed by atoms with Crippen LogP contribution >= 0.6 is 0 Å². The van der Waals surface area contributed by atoms with Gasteiger partial charge < -0.3 is 5.73 Å². The predicted molar refractivity (Wildman–Crippen MR) is 73.7 cm³/mol. The Balaban J connectivity index is 2.22. The molecule has 2 rings (SSSR count). The third-order valence-corrected chi connectivity index (χ3v) is 4.52. The molecule has 100 valence electrons. The molecule has 6 heteroatoms. The van der Waals surface area contributed by atoms with Gasteiger partial charge in [-0.3, -0.25) is 4.98 Å². The minimum atomic E-state index is -3.52. The molecule has 0 aliphatic carbocycles. The van der Waals surface area contributed by atoms with E-state index >= 15 is 0 Å². The number of rotatable bonds is 4. The van der Waals surface area contributed by atoms with Gasteiger partial charge >= 0.3 is 0 Å². The monoisotopic (exact) mass is 277 g/mol. The van der Waals surface area contributed by atoms with Gasteiger partial charge in [-0.25, -0.2) is 8.42 Å². The quantitative estimate of drug-likeness (QED) is 0.859. The smallest absolute Gasteiger partial charge is 0.243 e. The summed E-state index contributed by atoms with van der Waals surface area (Å²) in [5.41, 5.74) is 6.78. The first kappa shape index (κ1) is 13.5. The Morgan fingerprint density at radius 1 is 1.16 bits per heavy atom. The second-order valence-corrected chi connectivity index (χ2v) is 6.20. The summed E-state index contributed by atoms with van der Waals surface area (Å²) in [6.45, 7) is 0.230. The Morgan fingerprint density at radius 3 is 2.42 bits per heavy atom. The van der Waals surface area contributed by atoms with Gasteiger partial charge in [0.1, 0.15) is 0 Å². The molecule has 0 spiro atoms. The van der Waals surface area contributed by atoms with Gasteiger partial charge in [0.2, 0.25) is 10.0 Å². The van der Waals surface area contributed by atoms with E-state index in [2.05, 4.69) is 4.98 Å². The topological polar surface area (TPSA) is 76.3 Å². The van der Waals surface area contributed by atoms with Crippen LogP contribution < -0.4 is 5.73 Å². The number of pyridine rings is 1. The Kier molecular flexibility index (Phi) is 3.82. The zero-order valence-corrected chi connectivity index (χ0v) is 11.3. The lowest BCUT2D eigenvalue weighted by Crippen LogP contribution is -2.26. The van der Waals surface area contributed by atoms with Gasteiger partial charge in [0.05, 0.1) is 17.1 Å². The number of nitrogen functional groups attached to an aromatic ring is 1. The highest BCUT2D eigenvalue weighted by Crippen LogP contribution is 2.17. The zero-order valence-electron chi connectivity index (χ0n) is 10.5. The van der Waals surface area contributed by atoms with Crippen molar-refractivity contribution in [2.24, 2.45) is 0 Å². The van der Waals surface area contributed by atoms with Gasteiger partial charge in [-0.2, -0.15) is 4.31 Å². The van der Waals surface area contributed by atoms with E-state index in [4.69, 9.17) is 5.73 Å². The molecule has 0 aliphatic rings. The number of hydrogen-bond donors (Lipinski definition) is 1. The molecular weight excluding hydrogens is 262 g/mol. The molecule has 0 atom stereocenters. The van der Waals surface area contributed by atoms with E-state index in [0.29, 0.717) is 11.4 Å². The summed E-state index contributed by atoms with van der Waals surface area (Å²) >= 11 is 0.